The Kier molecular flexibility index (Phi) is 5.83. The Morgan fingerprint density at radius 3 is 2.54 bits per heavy atom. The number of hydrogen-bond donors (Lipinski definition) is 1. The number of anilines is 1. The molecule has 4 nitrogen and oxygen atoms in total. The number of hydrogen-bond acceptors (Lipinski definition) is 4. The maximum Gasteiger partial charge on any atom is 0.0364 e. The van der Waals surface area contributed by atoms with Gasteiger partial charge in [0.25, 0.3) is 0 Å². The van der Waals surface area contributed by atoms with E-state index in [4.69, 9.17) is 0 Å². The summed E-state index contributed by atoms with van der Waals surface area (Å²) in [5.41, 5.74) is 3.98. The van der Waals surface area contributed by atoms with Crippen LogP contribution < -0.4 is 10.2 Å². The van der Waals surface area contributed by atoms with Gasteiger partial charge in [0.2, 0.25) is 0 Å². The highest BCUT2D eigenvalue weighted by molar-refractivity contribution is 5.47. The second-order valence-corrected chi connectivity index (χ2v) is 6.85. The van der Waals surface area contributed by atoms with Gasteiger partial charge in [-0.1, -0.05) is 12.1 Å². The fraction of sp³-hybridized carbons (Fsp3) is 0.450. The van der Waals surface area contributed by atoms with Crippen LogP contribution in [-0.2, 0) is 13.1 Å². The number of nitrogens with zero attached hydrogens (tertiary/aromatic N) is 3. The van der Waals surface area contributed by atoms with Crippen molar-refractivity contribution in [3.63, 3.8) is 0 Å². The highest BCUT2D eigenvalue weighted by atomic mass is 15.1. The third-order valence-electron chi connectivity index (χ3n) is 4.76. The zero-order valence-electron chi connectivity index (χ0n) is 14.8. The fourth-order valence-electron chi connectivity index (χ4n) is 3.25. The molecule has 2 aromatic rings. The second kappa shape index (κ2) is 8.27. The lowest BCUT2D eigenvalue weighted by atomic mass is 10.0. The lowest BCUT2D eigenvalue weighted by Crippen LogP contribution is -2.41. The molecule has 2 heterocycles. The third-order valence-corrected chi connectivity index (χ3v) is 4.76. The van der Waals surface area contributed by atoms with E-state index in [0.29, 0.717) is 6.04 Å². The van der Waals surface area contributed by atoms with Gasteiger partial charge in [-0.3, -0.25) is 9.88 Å². The highest BCUT2D eigenvalue weighted by Crippen LogP contribution is 2.16. The molecule has 0 spiro atoms. The quantitative estimate of drug-likeness (QED) is 0.885. The monoisotopic (exact) mass is 324 g/mol. The maximum absolute atomic E-state index is 4.09. The smallest absolute Gasteiger partial charge is 0.0364 e. The van der Waals surface area contributed by atoms with Gasteiger partial charge in [0.05, 0.1) is 0 Å². The van der Waals surface area contributed by atoms with Crippen LogP contribution >= 0.6 is 0 Å². The number of aromatic nitrogens is 1. The van der Waals surface area contributed by atoms with E-state index in [2.05, 4.69) is 70.6 Å². The number of pyridine rings is 1. The van der Waals surface area contributed by atoms with Crippen molar-refractivity contribution in [2.75, 3.05) is 32.1 Å². The zero-order chi connectivity index (χ0) is 16.8. The van der Waals surface area contributed by atoms with E-state index < -0.39 is 0 Å². The van der Waals surface area contributed by atoms with Gasteiger partial charge in [-0.25, -0.2) is 0 Å². The first-order valence-electron chi connectivity index (χ1n) is 8.81. The summed E-state index contributed by atoms with van der Waals surface area (Å²) in [5, 5.41) is 3.73. The van der Waals surface area contributed by atoms with Crippen molar-refractivity contribution in [1.82, 2.24) is 15.2 Å². The molecule has 1 saturated heterocycles. The molecular formula is C20H28N4. The summed E-state index contributed by atoms with van der Waals surface area (Å²) in [6.07, 6.45) is 6.20. The van der Waals surface area contributed by atoms with E-state index in [-0.39, 0.29) is 0 Å². The molecule has 0 bridgehead atoms. The molecule has 1 aliphatic heterocycles. The van der Waals surface area contributed by atoms with Gasteiger partial charge in [-0.2, -0.15) is 0 Å². The summed E-state index contributed by atoms with van der Waals surface area (Å²) in [4.78, 5) is 8.78. The number of likely N-dealkylation sites (tertiary alicyclic amines) is 1. The first-order valence-corrected chi connectivity index (χ1v) is 8.81. The molecule has 4 heteroatoms. The van der Waals surface area contributed by atoms with Gasteiger partial charge >= 0.3 is 0 Å². The first kappa shape index (κ1) is 16.9. The number of benzene rings is 1. The molecule has 24 heavy (non-hydrogen) atoms. The van der Waals surface area contributed by atoms with E-state index in [1.165, 1.54) is 29.7 Å². The van der Waals surface area contributed by atoms with Gasteiger partial charge in [-0.05, 0) is 61.3 Å². The molecule has 0 atom stereocenters. The summed E-state index contributed by atoms with van der Waals surface area (Å²) in [6.45, 7) is 4.33. The van der Waals surface area contributed by atoms with Gasteiger partial charge in [0, 0.05) is 51.3 Å². The van der Waals surface area contributed by atoms with Crippen LogP contribution in [0.1, 0.15) is 24.0 Å². The maximum atomic E-state index is 4.09. The summed E-state index contributed by atoms with van der Waals surface area (Å²) < 4.78 is 0. The molecular weight excluding hydrogens is 296 g/mol. The minimum Gasteiger partial charge on any atom is -0.378 e. The third kappa shape index (κ3) is 4.79. The topological polar surface area (TPSA) is 31.4 Å². The van der Waals surface area contributed by atoms with Crippen molar-refractivity contribution in [1.29, 1.82) is 0 Å². The molecule has 3 rings (SSSR count). The average molecular weight is 324 g/mol. The minimum absolute atomic E-state index is 0.627. The fourth-order valence-corrected chi connectivity index (χ4v) is 3.25. The summed E-state index contributed by atoms with van der Waals surface area (Å²) in [7, 11) is 4.18. The summed E-state index contributed by atoms with van der Waals surface area (Å²) >= 11 is 0. The average Bonchev–Trinajstić information content (AvgIpc) is 2.62. The van der Waals surface area contributed by atoms with Crippen LogP contribution in [0.15, 0.2) is 48.8 Å². The predicted octanol–water partition coefficient (Wildman–Crippen LogP) is 2.90. The van der Waals surface area contributed by atoms with Gasteiger partial charge < -0.3 is 10.2 Å². The van der Waals surface area contributed by atoms with Gasteiger partial charge in [-0.15, -0.1) is 0 Å². The molecule has 0 radical (unpaired) electrons. The van der Waals surface area contributed by atoms with Crippen LogP contribution in [0.5, 0.6) is 0 Å². The van der Waals surface area contributed by atoms with Crippen LogP contribution in [0, 0.1) is 0 Å². The normalized spacial score (nSPS) is 16.2. The number of piperidine rings is 1. The summed E-state index contributed by atoms with van der Waals surface area (Å²) in [6, 6.07) is 13.6. The van der Waals surface area contributed by atoms with Crippen LogP contribution in [0.2, 0.25) is 0 Å². The second-order valence-electron chi connectivity index (χ2n) is 6.85. The Morgan fingerprint density at radius 2 is 1.83 bits per heavy atom. The van der Waals surface area contributed by atoms with Crippen molar-refractivity contribution in [3.05, 3.63) is 59.9 Å². The zero-order valence-corrected chi connectivity index (χ0v) is 14.8. The SMILES string of the molecule is CN(C)c1cccc(CNC2CCN(Cc3ccncc3)CC2)c1. The Labute approximate surface area is 145 Å². The Morgan fingerprint density at radius 1 is 1.08 bits per heavy atom. The molecule has 0 saturated carbocycles. The highest BCUT2D eigenvalue weighted by Gasteiger charge is 2.18. The van der Waals surface area contributed by atoms with E-state index in [0.717, 1.165) is 26.2 Å². The lowest BCUT2D eigenvalue weighted by Gasteiger charge is -2.32. The molecule has 1 aromatic heterocycles. The van der Waals surface area contributed by atoms with Crippen molar-refractivity contribution in [3.8, 4) is 0 Å². The van der Waals surface area contributed by atoms with Crippen molar-refractivity contribution >= 4 is 5.69 Å². The van der Waals surface area contributed by atoms with Crippen molar-refractivity contribution < 1.29 is 0 Å². The van der Waals surface area contributed by atoms with E-state index in [1.54, 1.807) is 0 Å². The Bertz CT molecular complexity index is 619. The largest absolute Gasteiger partial charge is 0.378 e. The van der Waals surface area contributed by atoms with E-state index >= 15 is 0 Å². The van der Waals surface area contributed by atoms with Gasteiger partial charge in [0.1, 0.15) is 0 Å². The Hall–Kier alpha value is -1.91. The summed E-state index contributed by atoms with van der Waals surface area (Å²) in [5.74, 6) is 0. The Balaban J connectivity index is 1.43. The van der Waals surface area contributed by atoms with Crippen LogP contribution in [-0.4, -0.2) is 43.1 Å². The van der Waals surface area contributed by atoms with Gasteiger partial charge in [0.15, 0.2) is 0 Å². The first-order chi connectivity index (χ1) is 11.7. The molecule has 0 unspecified atom stereocenters. The van der Waals surface area contributed by atoms with E-state index in [9.17, 15) is 0 Å². The molecule has 0 amide bonds. The molecule has 1 fully saturated rings. The van der Waals surface area contributed by atoms with Crippen LogP contribution in [0.3, 0.4) is 0 Å². The molecule has 128 valence electrons. The minimum atomic E-state index is 0.627. The standard InChI is InChI=1S/C20H28N4/c1-23(2)20-5-3-4-18(14-20)15-22-19-8-12-24(13-9-19)16-17-6-10-21-11-7-17/h3-7,10-11,14,19,22H,8-9,12-13,15-16H2,1-2H3. The van der Waals surface area contributed by atoms with Crippen LogP contribution in [0.4, 0.5) is 5.69 Å². The van der Waals surface area contributed by atoms with E-state index in [1.807, 2.05) is 12.4 Å². The van der Waals surface area contributed by atoms with Crippen molar-refractivity contribution in [2.45, 2.75) is 32.0 Å². The molecule has 1 aromatic carbocycles. The van der Waals surface area contributed by atoms with Crippen molar-refractivity contribution in [2.24, 2.45) is 0 Å². The lowest BCUT2D eigenvalue weighted by molar-refractivity contribution is 0.190. The molecule has 0 aliphatic carbocycles. The number of rotatable bonds is 6. The van der Waals surface area contributed by atoms with Crippen LogP contribution in [0.25, 0.3) is 0 Å². The molecule has 1 aliphatic rings. The number of nitrogens with one attached hydrogen (secondary N) is 1. The predicted molar refractivity (Wildman–Crippen MR) is 100 cm³/mol. The molecule has 1 N–H and O–H groups in total.